The number of halogens is 1. The molecule has 2 aliphatic heterocycles. The van der Waals surface area contributed by atoms with Gasteiger partial charge in [-0.25, -0.2) is 9.18 Å². The van der Waals surface area contributed by atoms with Crippen LogP contribution in [0.15, 0.2) is 17.1 Å². The predicted molar refractivity (Wildman–Crippen MR) is 101 cm³/mol. The van der Waals surface area contributed by atoms with Gasteiger partial charge < -0.3 is 14.6 Å². The maximum atomic E-state index is 15.1. The van der Waals surface area contributed by atoms with Crippen LogP contribution in [0.1, 0.15) is 22.3 Å². The first kappa shape index (κ1) is 17.6. The highest BCUT2D eigenvalue weighted by molar-refractivity contribution is 5.95. The number of benzene rings is 1. The van der Waals surface area contributed by atoms with Gasteiger partial charge in [-0.2, -0.15) is 0 Å². The number of terminal acetylenes is 1. The fourth-order valence-corrected chi connectivity index (χ4v) is 4.20. The summed E-state index contributed by atoms with van der Waals surface area (Å²) in [5, 5.41) is 9.44. The number of hydrogen-bond acceptors (Lipinski definition) is 4. The van der Waals surface area contributed by atoms with E-state index in [1.54, 1.807) is 4.57 Å². The van der Waals surface area contributed by atoms with Crippen LogP contribution in [0.4, 0.5) is 10.1 Å². The van der Waals surface area contributed by atoms with Crippen LogP contribution in [0.5, 0.6) is 0 Å². The number of carboxylic acids is 1. The second-order valence-corrected chi connectivity index (χ2v) is 7.02. The first-order chi connectivity index (χ1) is 13.0. The van der Waals surface area contributed by atoms with E-state index in [0.29, 0.717) is 43.8 Å². The van der Waals surface area contributed by atoms with E-state index in [1.165, 1.54) is 12.3 Å². The van der Waals surface area contributed by atoms with Gasteiger partial charge in [-0.3, -0.25) is 9.69 Å². The average Bonchev–Trinajstić information content (AvgIpc) is 2.65. The Labute approximate surface area is 155 Å². The van der Waals surface area contributed by atoms with Crippen molar-refractivity contribution < 1.29 is 14.3 Å². The summed E-state index contributed by atoms with van der Waals surface area (Å²) in [6, 6.07) is 1.21. The maximum Gasteiger partial charge on any atom is 0.341 e. The van der Waals surface area contributed by atoms with E-state index in [1.807, 2.05) is 4.90 Å². The van der Waals surface area contributed by atoms with Gasteiger partial charge in [0.25, 0.3) is 0 Å². The molecule has 7 heteroatoms. The Morgan fingerprint density at radius 2 is 2.00 bits per heavy atom. The zero-order valence-corrected chi connectivity index (χ0v) is 14.9. The van der Waals surface area contributed by atoms with Crippen LogP contribution < -0.4 is 10.3 Å². The molecular formula is C20H20FN3O3. The van der Waals surface area contributed by atoms with E-state index in [0.717, 1.165) is 25.1 Å². The van der Waals surface area contributed by atoms with Crippen LogP contribution in [-0.4, -0.2) is 53.3 Å². The molecular weight excluding hydrogens is 349 g/mol. The van der Waals surface area contributed by atoms with E-state index in [-0.39, 0.29) is 10.9 Å². The summed E-state index contributed by atoms with van der Waals surface area (Å²) < 4.78 is 16.9. The molecule has 1 N–H and O–H groups in total. The Kier molecular flexibility index (Phi) is 4.36. The molecule has 0 bridgehead atoms. The predicted octanol–water partition coefficient (Wildman–Crippen LogP) is 1.54. The van der Waals surface area contributed by atoms with Crippen molar-refractivity contribution in [2.75, 3.05) is 37.6 Å². The molecule has 0 unspecified atom stereocenters. The summed E-state index contributed by atoms with van der Waals surface area (Å²) in [5.41, 5.74) is 1.07. The first-order valence-electron chi connectivity index (χ1n) is 9.04. The number of aromatic nitrogens is 1. The fourth-order valence-electron chi connectivity index (χ4n) is 4.20. The summed E-state index contributed by atoms with van der Waals surface area (Å²) in [4.78, 5) is 28.1. The first-order valence-corrected chi connectivity index (χ1v) is 9.04. The second kappa shape index (κ2) is 6.71. The molecule has 2 aliphatic rings. The van der Waals surface area contributed by atoms with Crippen molar-refractivity contribution in [3.63, 3.8) is 0 Å². The number of aryl methyl sites for hydroxylation is 2. The van der Waals surface area contributed by atoms with Crippen LogP contribution in [-0.2, 0) is 13.0 Å². The number of pyridine rings is 1. The quantitative estimate of drug-likeness (QED) is 0.832. The number of anilines is 1. The molecule has 1 aromatic heterocycles. The molecule has 0 atom stereocenters. The van der Waals surface area contributed by atoms with E-state index in [2.05, 4.69) is 10.8 Å². The minimum absolute atomic E-state index is 0.150. The lowest BCUT2D eigenvalue weighted by Crippen LogP contribution is -2.47. The molecule has 0 spiro atoms. The number of carbonyl (C=O) groups is 1. The van der Waals surface area contributed by atoms with Gasteiger partial charge in [0.05, 0.1) is 17.7 Å². The molecule has 27 heavy (non-hydrogen) atoms. The van der Waals surface area contributed by atoms with Crippen molar-refractivity contribution in [2.24, 2.45) is 0 Å². The third kappa shape index (κ3) is 2.86. The minimum atomic E-state index is -1.29. The van der Waals surface area contributed by atoms with E-state index in [4.69, 9.17) is 6.42 Å². The summed E-state index contributed by atoms with van der Waals surface area (Å²) in [6.07, 6.45) is 8.20. The van der Waals surface area contributed by atoms with Crippen molar-refractivity contribution in [3.05, 3.63) is 39.4 Å². The van der Waals surface area contributed by atoms with Gasteiger partial charge in [-0.1, -0.05) is 5.92 Å². The normalized spacial score (nSPS) is 17.1. The Hall–Kier alpha value is -2.85. The van der Waals surface area contributed by atoms with Crippen molar-refractivity contribution in [1.29, 1.82) is 0 Å². The number of hydrogen-bond donors (Lipinski definition) is 1. The minimum Gasteiger partial charge on any atom is -0.477 e. The van der Waals surface area contributed by atoms with E-state index < -0.39 is 17.2 Å². The highest BCUT2D eigenvalue weighted by Crippen LogP contribution is 2.35. The molecule has 0 radical (unpaired) electrons. The molecule has 1 aromatic carbocycles. The lowest BCUT2D eigenvalue weighted by molar-refractivity contribution is 0.0694. The Morgan fingerprint density at radius 1 is 1.26 bits per heavy atom. The molecule has 1 saturated heterocycles. The number of aromatic carboxylic acids is 1. The van der Waals surface area contributed by atoms with Crippen molar-refractivity contribution in [3.8, 4) is 12.3 Å². The molecule has 1 fully saturated rings. The number of piperazine rings is 1. The standard InChI is InChI=1S/C20H20FN3O3/c1-2-5-22-7-9-23(10-8-22)18-13-4-3-6-24-12-15(20(26)27)19(25)14(17(13)24)11-16(18)21/h1,11-12H,3-10H2,(H,26,27). The zero-order valence-electron chi connectivity index (χ0n) is 14.9. The van der Waals surface area contributed by atoms with Gasteiger partial charge in [0, 0.05) is 49.9 Å². The summed E-state index contributed by atoms with van der Waals surface area (Å²) in [6.45, 7) is 4.03. The summed E-state index contributed by atoms with van der Waals surface area (Å²) >= 11 is 0. The smallest absolute Gasteiger partial charge is 0.341 e. The fraction of sp³-hybridized carbons (Fsp3) is 0.400. The van der Waals surface area contributed by atoms with E-state index >= 15 is 4.39 Å². The van der Waals surface area contributed by atoms with Gasteiger partial charge >= 0.3 is 5.97 Å². The van der Waals surface area contributed by atoms with Gasteiger partial charge in [-0.15, -0.1) is 6.42 Å². The van der Waals surface area contributed by atoms with Gasteiger partial charge in [0.15, 0.2) is 0 Å². The topological polar surface area (TPSA) is 65.8 Å². The molecule has 4 rings (SSSR count). The summed E-state index contributed by atoms with van der Waals surface area (Å²) in [7, 11) is 0. The van der Waals surface area contributed by atoms with Crippen molar-refractivity contribution in [2.45, 2.75) is 19.4 Å². The van der Waals surface area contributed by atoms with Crippen LogP contribution in [0, 0.1) is 18.2 Å². The molecule has 140 valence electrons. The maximum absolute atomic E-state index is 15.1. The molecule has 0 amide bonds. The Bertz CT molecular complexity index is 1030. The van der Waals surface area contributed by atoms with Crippen LogP contribution in [0.25, 0.3) is 10.9 Å². The SMILES string of the molecule is C#CCN1CCN(c2c(F)cc3c(=O)c(C(=O)O)cn4c3c2CCC4)CC1. The number of rotatable bonds is 3. The molecule has 0 aliphatic carbocycles. The zero-order chi connectivity index (χ0) is 19.1. The average molecular weight is 369 g/mol. The lowest BCUT2D eigenvalue weighted by atomic mass is 9.96. The third-order valence-corrected chi connectivity index (χ3v) is 5.45. The Morgan fingerprint density at radius 3 is 2.67 bits per heavy atom. The second-order valence-electron chi connectivity index (χ2n) is 7.02. The Balaban J connectivity index is 1.85. The van der Waals surface area contributed by atoms with Crippen LogP contribution in [0.2, 0.25) is 0 Å². The molecule has 0 saturated carbocycles. The summed E-state index contributed by atoms with van der Waals surface area (Å²) in [5.74, 6) is 0.887. The number of carboxylic acid groups (broad SMARTS) is 1. The van der Waals surface area contributed by atoms with Gasteiger partial charge in [0.1, 0.15) is 11.4 Å². The molecule has 3 heterocycles. The van der Waals surface area contributed by atoms with E-state index in [9.17, 15) is 14.7 Å². The molecule has 2 aromatic rings. The third-order valence-electron chi connectivity index (χ3n) is 5.45. The van der Waals surface area contributed by atoms with Crippen LogP contribution in [0.3, 0.4) is 0 Å². The van der Waals surface area contributed by atoms with Gasteiger partial charge in [-0.05, 0) is 18.9 Å². The van der Waals surface area contributed by atoms with Gasteiger partial charge in [0.2, 0.25) is 5.43 Å². The molecule has 6 nitrogen and oxygen atoms in total. The van der Waals surface area contributed by atoms with Crippen molar-refractivity contribution in [1.82, 2.24) is 9.47 Å². The van der Waals surface area contributed by atoms with Crippen molar-refractivity contribution >= 4 is 22.6 Å². The highest BCUT2D eigenvalue weighted by Gasteiger charge is 2.28. The largest absolute Gasteiger partial charge is 0.477 e. The number of nitrogens with zero attached hydrogens (tertiary/aromatic N) is 3. The van der Waals surface area contributed by atoms with Crippen LogP contribution >= 0.6 is 0 Å². The highest BCUT2D eigenvalue weighted by atomic mass is 19.1. The lowest BCUT2D eigenvalue weighted by Gasteiger charge is -2.37. The monoisotopic (exact) mass is 369 g/mol.